The highest BCUT2D eigenvalue weighted by molar-refractivity contribution is 6.30. The van der Waals surface area contributed by atoms with Crippen LogP contribution in [-0.2, 0) is 13.0 Å². The number of hydrogen-bond acceptors (Lipinski definition) is 4. The summed E-state index contributed by atoms with van der Waals surface area (Å²) < 4.78 is 6.68. The second-order valence-electron chi connectivity index (χ2n) is 7.35. The topological polar surface area (TPSA) is 73.2 Å². The molecule has 2 aromatic heterocycles. The maximum atomic E-state index is 13.2. The molecule has 0 spiro atoms. The molecule has 6 nitrogen and oxygen atoms in total. The molecule has 7 heteroatoms. The Morgan fingerprint density at radius 3 is 2.50 bits per heavy atom. The SMILES string of the molecule is COc1ccc(CCNC(=O)c2cc3cccnc3n(Cc3ccc(Cl)cc3)c2=O)cc1. The fourth-order valence-corrected chi connectivity index (χ4v) is 3.62. The summed E-state index contributed by atoms with van der Waals surface area (Å²) in [4.78, 5) is 30.5. The number of ether oxygens (including phenoxy) is 1. The van der Waals surface area contributed by atoms with Crippen LogP contribution in [0.4, 0.5) is 0 Å². The Morgan fingerprint density at radius 2 is 1.78 bits per heavy atom. The smallest absolute Gasteiger partial charge is 0.265 e. The summed E-state index contributed by atoms with van der Waals surface area (Å²) in [6.07, 6.45) is 2.28. The predicted octanol–water partition coefficient (Wildman–Crippen LogP) is 4.08. The standard InChI is InChI=1S/C25H22ClN3O3/c1-32-21-10-6-17(7-11-21)12-14-28-24(30)22-15-19-3-2-13-27-23(19)29(25(22)31)16-18-4-8-20(26)9-5-18/h2-11,13,15H,12,14,16H2,1H3,(H,28,30). The number of carbonyl (C=O) groups is 1. The third kappa shape index (κ3) is 4.81. The van der Waals surface area contributed by atoms with Crippen molar-refractivity contribution in [3.63, 3.8) is 0 Å². The molecule has 0 aliphatic rings. The first kappa shape index (κ1) is 21.6. The Labute approximate surface area is 190 Å². The van der Waals surface area contributed by atoms with E-state index >= 15 is 0 Å². The lowest BCUT2D eigenvalue weighted by atomic mass is 10.1. The van der Waals surface area contributed by atoms with Crippen molar-refractivity contribution in [3.05, 3.63) is 105 Å². The van der Waals surface area contributed by atoms with E-state index in [2.05, 4.69) is 10.3 Å². The first-order chi connectivity index (χ1) is 15.5. The van der Waals surface area contributed by atoms with Gasteiger partial charge in [0.1, 0.15) is 17.0 Å². The fourth-order valence-electron chi connectivity index (χ4n) is 3.50. The van der Waals surface area contributed by atoms with Crippen molar-refractivity contribution in [2.75, 3.05) is 13.7 Å². The molecule has 4 aromatic rings. The number of nitrogens with one attached hydrogen (secondary N) is 1. The van der Waals surface area contributed by atoms with Crippen LogP contribution in [0.25, 0.3) is 11.0 Å². The van der Waals surface area contributed by atoms with Crippen molar-refractivity contribution < 1.29 is 9.53 Å². The Morgan fingerprint density at radius 1 is 1.06 bits per heavy atom. The van der Waals surface area contributed by atoms with Gasteiger partial charge >= 0.3 is 0 Å². The fraction of sp³-hybridized carbons (Fsp3) is 0.160. The summed E-state index contributed by atoms with van der Waals surface area (Å²) in [5.74, 6) is 0.378. The number of hydrogen-bond donors (Lipinski definition) is 1. The van der Waals surface area contributed by atoms with E-state index in [4.69, 9.17) is 16.3 Å². The van der Waals surface area contributed by atoms with Gasteiger partial charge in [-0.25, -0.2) is 4.98 Å². The van der Waals surface area contributed by atoms with E-state index in [1.165, 1.54) is 4.57 Å². The number of methoxy groups -OCH3 is 1. The van der Waals surface area contributed by atoms with Crippen LogP contribution in [0.5, 0.6) is 5.75 Å². The molecule has 162 valence electrons. The minimum Gasteiger partial charge on any atom is -0.497 e. The molecule has 0 aliphatic heterocycles. The molecule has 0 saturated heterocycles. The quantitative estimate of drug-likeness (QED) is 0.463. The first-order valence-corrected chi connectivity index (χ1v) is 10.6. The van der Waals surface area contributed by atoms with Gasteiger partial charge in [0.15, 0.2) is 0 Å². The summed E-state index contributed by atoms with van der Waals surface area (Å²) in [6.45, 7) is 0.698. The minimum absolute atomic E-state index is 0.0918. The van der Waals surface area contributed by atoms with E-state index in [0.717, 1.165) is 22.3 Å². The number of amides is 1. The van der Waals surface area contributed by atoms with Gasteiger partial charge in [0, 0.05) is 23.2 Å². The molecule has 0 unspecified atom stereocenters. The largest absolute Gasteiger partial charge is 0.497 e. The second kappa shape index (κ2) is 9.66. The second-order valence-corrected chi connectivity index (χ2v) is 7.78. The molecule has 0 bridgehead atoms. The Hall–Kier alpha value is -3.64. The van der Waals surface area contributed by atoms with Crippen LogP contribution >= 0.6 is 11.6 Å². The zero-order valence-corrected chi connectivity index (χ0v) is 18.3. The van der Waals surface area contributed by atoms with Crippen LogP contribution < -0.4 is 15.6 Å². The average Bonchev–Trinajstić information content (AvgIpc) is 2.82. The normalized spacial score (nSPS) is 10.8. The van der Waals surface area contributed by atoms with Gasteiger partial charge in [-0.3, -0.25) is 14.2 Å². The Kier molecular flexibility index (Phi) is 6.52. The van der Waals surface area contributed by atoms with E-state index in [9.17, 15) is 9.59 Å². The van der Waals surface area contributed by atoms with E-state index < -0.39 is 5.91 Å². The van der Waals surface area contributed by atoms with Crippen LogP contribution in [0.15, 0.2) is 77.7 Å². The molecule has 0 atom stereocenters. The molecule has 1 amide bonds. The van der Waals surface area contributed by atoms with E-state index in [0.29, 0.717) is 23.6 Å². The predicted molar refractivity (Wildman–Crippen MR) is 126 cm³/mol. The zero-order valence-electron chi connectivity index (χ0n) is 17.5. The highest BCUT2D eigenvalue weighted by Gasteiger charge is 2.16. The summed E-state index contributed by atoms with van der Waals surface area (Å²) >= 11 is 5.98. The van der Waals surface area contributed by atoms with Gasteiger partial charge in [-0.05, 0) is 60.0 Å². The molecule has 1 N–H and O–H groups in total. The van der Waals surface area contributed by atoms with Crippen LogP contribution in [0.3, 0.4) is 0 Å². The van der Waals surface area contributed by atoms with Gasteiger partial charge in [0.25, 0.3) is 11.5 Å². The zero-order chi connectivity index (χ0) is 22.5. The van der Waals surface area contributed by atoms with Crippen molar-refractivity contribution in [1.82, 2.24) is 14.9 Å². The van der Waals surface area contributed by atoms with Gasteiger partial charge < -0.3 is 10.1 Å². The molecular formula is C25H22ClN3O3. The first-order valence-electron chi connectivity index (χ1n) is 10.2. The molecule has 4 rings (SSSR count). The number of fused-ring (bicyclic) bond motifs is 1. The highest BCUT2D eigenvalue weighted by atomic mass is 35.5. The Bertz CT molecular complexity index is 1300. The van der Waals surface area contributed by atoms with Gasteiger partial charge in [-0.1, -0.05) is 35.9 Å². The number of carbonyl (C=O) groups excluding carboxylic acids is 1. The van der Waals surface area contributed by atoms with Crippen LogP contribution in [-0.4, -0.2) is 29.1 Å². The average molecular weight is 448 g/mol. The Balaban J connectivity index is 1.57. The van der Waals surface area contributed by atoms with Crippen LogP contribution in [0, 0.1) is 0 Å². The van der Waals surface area contributed by atoms with Crippen LogP contribution in [0.1, 0.15) is 21.5 Å². The number of benzene rings is 2. The number of halogens is 1. The van der Waals surface area contributed by atoms with Crippen LogP contribution in [0.2, 0.25) is 5.02 Å². The van der Waals surface area contributed by atoms with Gasteiger partial charge in [-0.2, -0.15) is 0 Å². The molecule has 0 saturated carbocycles. The minimum atomic E-state index is -0.404. The lowest BCUT2D eigenvalue weighted by molar-refractivity contribution is 0.0952. The highest BCUT2D eigenvalue weighted by Crippen LogP contribution is 2.15. The maximum absolute atomic E-state index is 13.2. The van der Waals surface area contributed by atoms with E-state index in [1.807, 2.05) is 42.5 Å². The summed E-state index contributed by atoms with van der Waals surface area (Å²) in [5.41, 5.74) is 2.19. The number of aromatic nitrogens is 2. The lowest BCUT2D eigenvalue weighted by Crippen LogP contribution is -2.34. The summed E-state index contributed by atoms with van der Waals surface area (Å²) in [6, 6.07) is 20.1. The summed E-state index contributed by atoms with van der Waals surface area (Å²) in [7, 11) is 1.62. The van der Waals surface area contributed by atoms with E-state index in [-0.39, 0.29) is 17.7 Å². The molecular weight excluding hydrogens is 426 g/mol. The van der Waals surface area contributed by atoms with Crippen molar-refractivity contribution in [2.24, 2.45) is 0 Å². The molecule has 2 heterocycles. The molecule has 2 aromatic carbocycles. The molecule has 32 heavy (non-hydrogen) atoms. The molecule has 0 fully saturated rings. The van der Waals surface area contributed by atoms with Crippen molar-refractivity contribution in [3.8, 4) is 5.75 Å². The number of rotatable bonds is 7. The van der Waals surface area contributed by atoms with E-state index in [1.54, 1.807) is 37.6 Å². The summed E-state index contributed by atoms with van der Waals surface area (Å²) in [5, 5.41) is 4.20. The monoisotopic (exact) mass is 447 g/mol. The molecule has 0 radical (unpaired) electrons. The third-order valence-electron chi connectivity index (χ3n) is 5.20. The van der Waals surface area contributed by atoms with Gasteiger partial charge in [-0.15, -0.1) is 0 Å². The molecule has 0 aliphatic carbocycles. The lowest BCUT2D eigenvalue weighted by Gasteiger charge is -2.13. The number of nitrogens with zero attached hydrogens (tertiary/aromatic N) is 2. The van der Waals surface area contributed by atoms with Crippen molar-refractivity contribution in [2.45, 2.75) is 13.0 Å². The number of pyridine rings is 2. The maximum Gasteiger partial charge on any atom is 0.265 e. The van der Waals surface area contributed by atoms with Gasteiger partial charge in [0.2, 0.25) is 0 Å². The van der Waals surface area contributed by atoms with Crippen molar-refractivity contribution >= 4 is 28.5 Å². The van der Waals surface area contributed by atoms with Gasteiger partial charge in [0.05, 0.1) is 13.7 Å². The van der Waals surface area contributed by atoms with Crippen molar-refractivity contribution in [1.29, 1.82) is 0 Å². The third-order valence-corrected chi connectivity index (χ3v) is 5.46.